The van der Waals surface area contributed by atoms with Crippen LogP contribution in [0.25, 0.3) is 32.7 Å². The van der Waals surface area contributed by atoms with E-state index in [-0.39, 0.29) is 20.1 Å². The van der Waals surface area contributed by atoms with Gasteiger partial charge < -0.3 is 0 Å². The van der Waals surface area contributed by atoms with E-state index in [9.17, 15) is 25.9 Å². The molecule has 4 rings (SSSR count). The van der Waals surface area contributed by atoms with Gasteiger partial charge in [0.05, 0.1) is 0 Å². The second kappa shape index (κ2) is 7.40. The Labute approximate surface area is 189 Å². The minimum Gasteiger partial charge on any atom is -0.282 e. The van der Waals surface area contributed by atoms with Gasteiger partial charge in [0.1, 0.15) is 9.79 Å². The summed E-state index contributed by atoms with van der Waals surface area (Å²) in [6.45, 7) is 0. The second-order valence-corrected chi connectivity index (χ2v) is 10.9. The third-order valence-electron chi connectivity index (χ3n) is 4.68. The zero-order chi connectivity index (χ0) is 21.8. The summed E-state index contributed by atoms with van der Waals surface area (Å²) in [4.78, 5) is -0.983. The highest BCUT2D eigenvalue weighted by Crippen LogP contribution is 2.46. The van der Waals surface area contributed by atoms with Crippen molar-refractivity contribution in [3.8, 4) is 11.1 Å². The van der Waals surface area contributed by atoms with Gasteiger partial charge in [-0.05, 0) is 65.5 Å². The maximum atomic E-state index is 12.4. The number of fused-ring (bicyclic) bond motifs is 2. The van der Waals surface area contributed by atoms with Crippen molar-refractivity contribution >= 4 is 73.6 Å². The van der Waals surface area contributed by atoms with E-state index in [1.165, 1.54) is 12.1 Å². The van der Waals surface area contributed by atoms with Crippen LogP contribution in [0.3, 0.4) is 0 Å². The van der Waals surface area contributed by atoms with E-state index < -0.39 is 30.0 Å². The molecular formula is C20H12Br2O6S2. The highest BCUT2D eigenvalue weighted by Gasteiger charge is 2.30. The van der Waals surface area contributed by atoms with Crippen molar-refractivity contribution in [1.82, 2.24) is 0 Å². The lowest BCUT2D eigenvalue weighted by atomic mass is 9.93. The van der Waals surface area contributed by atoms with Crippen LogP contribution in [0.4, 0.5) is 0 Å². The van der Waals surface area contributed by atoms with Crippen LogP contribution in [0.2, 0.25) is 0 Å². The van der Waals surface area contributed by atoms with Gasteiger partial charge in [0.25, 0.3) is 20.2 Å². The standard InChI is InChI=1S/C20H12Br2O6S2/c21-15-9-11-5-1-3-7-13(11)17(19(15)29(23,24)25)18-14-8-4-2-6-12(14)10-16(22)20(18)30(26,27)28/h1-10H,(H,23,24,25)(H,26,27,28). The normalized spacial score (nSPS) is 12.5. The molecule has 0 saturated carbocycles. The van der Waals surface area contributed by atoms with Crippen LogP contribution in [0.1, 0.15) is 0 Å². The van der Waals surface area contributed by atoms with Gasteiger partial charge in [-0.15, -0.1) is 0 Å². The first-order valence-electron chi connectivity index (χ1n) is 8.38. The molecule has 0 radical (unpaired) electrons. The Morgan fingerprint density at radius 3 is 1.27 bits per heavy atom. The summed E-state index contributed by atoms with van der Waals surface area (Å²) < 4.78 is 69.7. The summed E-state index contributed by atoms with van der Waals surface area (Å²) in [5.41, 5.74) is -0.0693. The molecule has 0 fully saturated rings. The van der Waals surface area contributed by atoms with Crippen molar-refractivity contribution in [1.29, 1.82) is 0 Å². The van der Waals surface area contributed by atoms with E-state index >= 15 is 0 Å². The van der Waals surface area contributed by atoms with Crippen LogP contribution in [0.15, 0.2) is 79.4 Å². The molecule has 0 amide bonds. The molecule has 0 heterocycles. The first-order valence-corrected chi connectivity index (χ1v) is 12.8. The van der Waals surface area contributed by atoms with E-state index in [1.807, 2.05) is 0 Å². The van der Waals surface area contributed by atoms with Crippen LogP contribution < -0.4 is 0 Å². The van der Waals surface area contributed by atoms with Crippen LogP contribution in [0, 0.1) is 0 Å². The lowest BCUT2D eigenvalue weighted by Crippen LogP contribution is -2.08. The van der Waals surface area contributed by atoms with Gasteiger partial charge in [-0.3, -0.25) is 9.11 Å². The van der Waals surface area contributed by atoms with E-state index in [2.05, 4.69) is 31.9 Å². The van der Waals surface area contributed by atoms with Crippen LogP contribution in [-0.4, -0.2) is 25.9 Å². The van der Waals surface area contributed by atoms with Crippen LogP contribution in [0.5, 0.6) is 0 Å². The Morgan fingerprint density at radius 2 is 0.933 bits per heavy atom. The fraction of sp³-hybridized carbons (Fsp3) is 0. The number of hydrogen-bond donors (Lipinski definition) is 2. The third-order valence-corrected chi connectivity index (χ3v) is 8.33. The largest absolute Gasteiger partial charge is 0.296 e. The fourth-order valence-corrected chi connectivity index (χ4v) is 7.26. The smallest absolute Gasteiger partial charge is 0.282 e. The minimum absolute atomic E-state index is 0.0346. The molecule has 154 valence electrons. The Bertz CT molecular complexity index is 1440. The number of halogens is 2. The zero-order valence-corrected chi connectivity index (χ0v) is 19.7. The predicted molar refractivity (Wildman–Crippen MR) is 122 cm³/mol. The van der Waals surface area contributed by atoms with Crippen molar-refractivity contribution < 1.29 is 25.9 Å². The molecule has 2 N–H and O–H groups in total. The molecule has 0 aromatic heterocycles. The zero-order valence-electron chi connectivity index (χ0n) is 14.9. The van der Waals surface area contributed by atoms with Gasteiger partial charge >= 0.3 is 0 Å². The first kappa shape index (κ1) is 21.4. The Morgan fingerprint density at radius 1 is 0.600 bits per heavy atom. The molecule has 0 spiro atoms. The Balaban J connectivity index is 2.42. The van der Waals surface area contributed by atoms with Crippen molar-refractivity contribution in [2.75, 3.05) is 0 Å². The summed E-state index contributed by atoms with van der Waals surface area (Å²) >= 11 is 6.39. The summed E-state index contributed by atoms with van der Waals surface area (Å²) in [5, 5.41) is 2.00. The minimum atomic E-state index is -4.79. The molecule has 0 aliphatic carbocycles. The van der Waals surface area contributed by atoms with Gasteiger partial charge in [-0.25, -0.2) is 0 Å². The summed E-state index contributed by atoms with van der Waals surface area (Å²) in [6, 6.07) is 16.6. The summed E-state index contributed by atoms with van der Waals surface area (Å²) in [7, 11) is -9.57. The second-order valence-electron chi connectivity index (χ2n) is 6.52. The van der Waals surface area contributed by atoms with Gasteiger partial charge in [0, 0.05) is 20.1 Å². The van der Waals surface area contributed by atoms with E-state index in [0.29, 0.717) is 21.5 Å². The van der Waals surface area contributed by atoms with Crippen molar-refractivity contribution in [2.24, 2.45) is 0 Å². The van der Waals surface area contributed by atoms with Gasteiger partial charge in [0.15, 0.2) is 0 Å². The molecule has 0 saturated heterocycles. The van der Waals surface area contributed by atoms with Crippen molar-refractivity contribution in [3.05, 3.63) is 69.6 Å². The third kappa shape index (κ3) is 3.57. The van der Waals surface area contributed by atoms with Crippen molar-refractivity contribution in [3.63, 3.8) is 0 Å². The molecule has 6 nitrogen and oxygen atoms in total. The van der Waals surface area contributed by atoms with Gasteiger partial charge in [-0.1, -0.05) is 48.5 Å². The molecule has 0 unspecified atom stereocenters. The molecule has 4 aromatic carbocycles. The SMILES string of the molecule is O=S(=O)(O)c1c(Br)cc2ccccc2c1-c1c(S(=O)(=O)O)c(Br)cc2ccccc12. The molecule has 0 aliphatic rings. The summed E-state index contributed by atoms with van der Waals surface area (Å²) in [6.07, 6.45) is 0. The number of benzene rings is 4. The molecule has 0 bridgehead atoms. The van der Waals surface area contributed by atoms with Crippen molar-refractivity contribution in [2.45, 2.75) is 9.79 Å². The summed E-state index contributed by atoms with van der Waals surface area (Å²) in [5.74, 6) is 0. The maximum absolute atomic E-state index is 12.4. The lowest BCUT2D eigenvalue weighted by molar-refractivity contribution is 0.479. The number of rotatable bonds is 3. The number of hydrogen-bond acceptors (Lipinski definition) is 4. The lowest BCUT2D eigenvalue weighted by Gasteiger charge is -2.19. The highest BCUT2D eigenvalue weighted by atomic mass is 79.9. The van der Waals surface area contributed by atoms with E-state index in [1.54, 1.807) is 48.5 Å². The Kier molecular flexibility index (Phi) is 5.28. The Hall–Kier alpha value is -1.82. The van der Waals surface area contributed by atoms with E-state index in [0.717, 1.165) is 0 Å². The van der Waals surface area contributed by atoms with Crippen LogP contribution >= 0.6 is 31.9 Å². The monoisotopic (exact) mass is 570 g/mol. The molecule has 0 aliphatic heterocycles. The van der Waals surface area contributed by atoms with E-state index in [4.69, 9.17) is 0 Å². The average molecular weight is 572 g/mol. The molecular weight excluding hydrogens is 560 g/mol. The first-order chi connectivity index (χ1) is 14.0. The van der Waals surface area contributed by atoms with Gasteiger partial charge in [0.2, 0.25) is 0 Å². The van der Waals surface area contributed by atoms with Crippen LogP contribution in [-0.2, 0) is 20.2 Å². The van der Waals surface area contributed by atoms with Gasteiger partial charge in [-0.2, -0.15) is 16.8 Å². The average Bonchev–Trinajstić information content (AvgIpc) is 2.64. The predicted octanol–water partition coefficient (Wildman–Crippen LogP) is 5.68. The molecule has 0 atom stereocenters. The molecule has 30 heavy (non-hydrogen) atoms. The molecule has 10 heteroatoms. The highest BCUT2D eigenvalue weighted by molar-refractivity contribution is 9.10. The molecule has 4 aromatic rings. The topological polar surface area (TPSA) is 109 Å². The quantitative estimate of drug-likeness (QED) is 0.306. The fourth-order valence-electron chi connectivity index (χ4n) is 3.59. The maximum Gasteiger partial charge on any atom is 0.296 e.